The molecule has 0 unspecified atom stereocenters. The number of esters is 1. The lowest BCUT2D eigenvalue weighted by Crippen LogP contribution is -2.40. The van der Waals surface area contributed by atoms with Gasteiger partial charge in [-0.2, -0.15) is 10.4 Å². The molecule has 1 saturated carbocycles. The van der Waals surface area contributed by atoms with Crippen molar-refractivity contribution >= 4 is 17.3 Å². The van der Waals surface area contributed by atoms with Crippen molar-refractivity contribution in [2.24, 2.45) is 5.92 Å². The molecule has 3 aromatic rings. The number of fused-ring (bicyclic) bond motifs is 1. The Morgan fingerprint density at radius 2 is 2.07 bits per heavy atom. The summed E-state index contributed by atoms with van der Waals surface area (Å²) in [6, 6.07) is 14.6. The molecule has 0 bridgehead atoms. The minimum Gasteiger partial charge on any atom is -0.465 e. The van der Waals surface area contributed by atoms with E-state index in [-0.39, 0.29) is 25.3 Å². The number of benzene rings is 1. The highest BCUT2D eigenvalue weighted by atomic mass is 16.5. The molecule has 30 heavy (non-hydrogen) atoms. The predicted octanol–water partition coefficient (Wildman–Crippen LogP) is 0.600. The molecule has 1 aliphatic carbocycles. The quantitative estimate of drug-likeness (QED) is 0.521. The van der Waals surface area contributed by atoms with E-state index in [0.717, 1.165) is 5.56 Å². The number of nitrogens with zero attached hydrogens (tertiary/aromatic N) is 4. The zero-order chi connectivity index (χ0) is 21.3. The predicted molar refractivity (Wildman–Crippen MR) is 106 cm³/mol. The largest absolute Gasteiger partial charge is 0.465 e. The number of rotatable bonds is 5. The number of carbonyl (C=O) groups excluding carboxylic acids is 1. The van der Waals surface area contributed by atoms with Crippen molar-refractivity contribution in [3.8, 4) is 6.07 Å². The van der Waals surface area contributed by atoms with E-state index in [9.17, 15) is 20.3 Å². The Morgan fingerprint density at radius 3 is 2.80 bits per heavy atom. The summed E-state index contributed by atoms with van der Waals surface area (Å²) in [6.45, 7) is -0.103. The summed E-state index contributed by atoms with van der Waals surface area (Å²) < 4.78 is 6.79. The molecule has 9 nitrogen and oxygen atoms in total. The average Bonchev–Trinajstić information content (AvgIpc) is 3.29. The summed E-state index contributed by atoms with van der Waals surface area (Å²) in [5.74, 6) is -0.807. The first-order valence-corrected chi connectivity index (χ1v) is 9.52. The van der Waals surface area contributed by atoms with Gasteiger partial charge in [0.2, 0.25) is 0 Å². The highest BCUT2D eigenvalue weighted by Gasteiger charge is 2.56. The van der Waals surface area contributed by atoms with Crippen LogP contribution in [0.5, 0.6) is 0 Å². The van der Waals surface area contributed by atoms with Crippen LogP contribution >= 0.6 is 0 Å². The lowest BCUT2D eigenvalue weighted by molar-refractivity contribution is -0.145. The number of aromatic nitrogens is 3. The third-order valence-corrected chi connectivity index (χ3v) is 5.68. The summed E-state index contributed by atoms with van der Waals surface area (Å²) >= 11 is 0. The molecular weight excluding hydrogens is 386 g/mol. The van der Waals surface area contributed by atoms with E-state index >= 15 is 0 Å². The second-order valence-electron chi connectivity index (χ2n) is 7.49. The molecule has 1 fully saturated rings. The SMILES string of the molecule is N#C[C@@]1(c2ccc3c(N)ncnn23)C[C@H](COC(=O)Cc2ccccc2)[C@@H](O)[C@H]1O. The summed E-state index contributed by atoms with van der Waals surface area (Å²) in [7, 11) is 0. The Hall–Kier alpha value is -3.48. The van der Waals surface area contributed by atoms with E-state index in [1.54, 1.807) is 12.1 Å². The van der Waals surface area contributed by atoms with Crippen LogP contribution in [0.3, 0.4) is 0 Å². The molecule has 4 rings (SSSR count). The van der Waals surface area contributed by atoms with Gasteiger partial charge >= 0.3 is 5.97 Å². The van der Waals surface area contributed by atoms with E-state index in [2.05, 4.69) is 16.2 Å². The van der Waals surface area contributed by atoms with Gasteiger partial charge < -0.3 is 20.7 Å². The van der Waals surface area contributed by atoms with E-state index in [1.165, 1.54) is 10.8 Å². The van der Waals surface area contributed by atoms with Crippen LogP contribution in [0.2, 0.25) is 0 Å². The normalized spacial score (nSPS) is 25.8. The molecular formula is C21H21N5O4. The van der Waals surface area contributed by atoms with Crippen LogP contribution < -0.4 is 5.73 Å². The number of aliphatic hydroxyl groups is 2. The molecule has 0 aliphatic heterocycles. The zero-order valence-corrected chi connectivity index (χ0v) is 16.0. The zero-order valence-electron chi connectivity index (χ0n) is 16.0. The van der Waals surface area contributed by atoms with Gasteiger partial charge in [0.1, 0.15) is 23.4 Å². The molecule has 1 aliphatic rings. The maximum absolute atomic E-state index is 12.2. The summed E-state index contributed by atoms with van der Waals surface area (Å²) in [5.41, 5.74) is 6.16. The Balaban J connectivity index is 1.53. The van der Waals surface area contributed by atoms with Crippen molar-refractivity contribution in [2.45, 2.75) is 30.5 Å². The monoisotopic (exact) mass is 407 g/mol. The van der Waals surface area contributed by atoms with Crippen LogP contribution in [0.1, 0.15) is 17.7 Å². The highest BCUT2D eigenvalue weighted by molar-refractivity contribution is 5.72. The molecule has 0 radical (unpaired) electrons. The Morgan fingerprint density at radius 1 is 1.30 bits per heavy atom. The first-order chi connectivity index (χ1) is 14.5. The molecule has 0 spiro atoms. The molecule has 9 heteroatoms. The van der Waals surface area contributed by atoms with Gasteiger partial charge in [0.05, 0.1) is 30.9 Å². The molecule has 0 amide bonds. The number of hydrogen-bond donors (Lipinski definition) is 3. The number of carbonyl (C=O) groups is 1. The third kappa shape index (κ3) is 3.26. The van der Waals surface area contributed by atoms with Crippen LogP contribution in [-0.4, -0.2) is 49.6 Å². The Labute approximate surface area is 172 Å². The standard InChI is InChI=1S/C21H21N5O4/c22-11-21(16-7-6-15-20(23)24-12-25-26(15)16)9-14(18(28)19(21)29)10-30-17(27)8-13-4-2-1-3-5-13/h1-7,12,14,18-19,28-29H,8-10H2,(H2,23,24,25)/t14-,18-,19-,21-/m1/s1. The first-order valence-electron chi connectivity index (χ1n) is 9.52. The fraction of sp³-hybridized carbons (Fsp3) is 0.333. The van der Waals surface area contributed by atoms with E-state index in [1.807, 2.05) is 30.3 Å². The molecule has 4 atom stereocenters. The maximum atomic E-state index is 12.2. The van der Waals surface area contributed by atoms with Gasteiger partial charge in [-0.15, -0.1) is 0 Å². The Kier molecular flexibility index (Phi) is 5.11. The molecule has 1 aromatic carbocycles. The lowest BCUT2D eigenvalue weighted by atomic mass is 9.81. The highest BCUT2D eigenvalue weighted by Crippen LogP contribution is 2.45. The summed E-state index contributed by atoms with van der Waals surface area (Å²) in [5, 5.41) is 35.5. The van der Waals surface area contributed by atoms with Crippen molar-refractivity contribution in [2.75, 3.05) is 12.3 Å². The maximum Gasteiger partial charge on any atom is 0.310 e. The molecule has 2 heterocycles. The minimum atomic E-state index is -1.43. The van der Waals surface area contributed by atoms with Crippen molar-refractivity contribution < 1.29 is 19.7 Å². The first kappa shape index (κ1) is 19.8. The van der Waals surface area contributed by atoms with Crippen LogP contribution in [0.4, 0.5) is 5.82 Å². The second kappa shape index (κ2) is 7.74. The van der Waals surface area contributed by atoms with Gasteiger partial charge in [-0.05, 0) is 24.1 Å². The van der Waals surface area contributed by atoms with Gasteiger partial charge in [0.25, 0.3) is 0 Å². The fourth-order valence-electron chi connectivity index (χ4n) is 4.09. The van der Waals surface area contributed by atoms with E-state index in [0.29, 0.717) is 11.2 Å². The van der Waals surface area contributed by atoms with E-state index in [4.69, 9.17) is 10.5 Å². The Bertz CT molecular complexity index is 1110. The van der Waals surface area contributed by atoms with Crippen molar-refractivity contribution in [3.05, 3.63) is 60.0 Å². The number of anilines is 1. The van der Waals surface area contributed by atoms with E-state index < -0.39 is 29.5 Å². The van der Waals surface area contributed by atoms with Crippen molar-refractivity contribution in [3.63, 3.8) is 0 Å². The average molecular weight is 407 g/mol. The van der Waals surface area contributed by atoms with Crippen molar-refractivity contribution in [1.82, 2.24) is 14.6 Å². The van der Waals surface area contributed by atoms with Crippen LogP contribution in [0, 0.1) is 17.2 Å². The molecule has 154 valence electrons. The van der Waals surface area contributed by atoms with Crippen LogP contribution in [-0.2, 0) is 21.4 Å². The third-order valence-electron chi connectivity index (χ3n) is 5.68. The number of aliphatic hydroxyl groups excluding tert-OH is 2. The van der Waals surface area contributed by atoms with Crippen LogP contribution in [0.25, 0.3) is 5.52 Å². The van der Waals surface area contributed by atoms with Gasteiger partial charge in [-0.25, -0.2) is 9.50 Å². The number of nitrogens with two attached hydrogens (primary N) is 1. The molecule has 2 aromatic heterocycles. The summed E-state index contributed by atoms with van der Waals surface area (Å²) in [6.07, 6.45) is -1.15. The van der Waals surface area contributed by atoms with Gasteiger partial charge in [0, 0.05) is 5.92 Å². The second-order valence-corrected chi connectivity index (χ2v) is 7.49. The molecule has 0 saturated heterocycles. The topological polar surface area (TPSA) is 147 Å². The smallest absolute Gasteiger partial charge is 0.310 e. The van der Waals surface area contributed by atoms with Crippen LogP contribution in [0.15, 0.2) is 48.8 Å². The van der Waals surface area contributed by atoms with Gasteiger partial charge in [-0.1, -0.05) is 30.3 Å². The number of hydrogen-bond acceptors (Lipinski definition) is 8. The fourth-order valence-corrected chi connectivity index (χ4v) is 4.09. The molecule has 4 N–H and O–H groups in total. The van der Waals surface area contributed by atoms with Gasteiger partial charge in [-0.3, -0.25) is 4.79 Å². The number of nitrogen functional groups attached to an aromatic ring is 1. The number of ether oxygens (including phenoxy) is 1. The summed E-state index contributed by atoms with van der Waals surface area (Å²) in [4.78, 5) is 16.1. The van der Waals surface area contributed by atoms with Gasteiger partial charge in [0.15, 0.2) is 5.82 Å². The van der Waals surface area contributed by atoms with Crippen molar-refractivity contribution in [1.29, 1.82) is 5.26 Å². The lowest BCUT2D eigenvalue weighted by Gasteiger charge is -2.25. The number of nitriles is 1. The minimum absolute atomic E-state index is 0.0977.